The third-order valence-corrected chi connectivity index (χ3v) is 5.17. The zero-order valence-corrected chi connectivity index (χ0v) is 15.8. The Morgan fingerprint density at radius 1 is 0.885 bits per heavy atom. The van der Waals surface area contributed by atoms with Crippen molar-refractivity contribution in [2.75, 3.05) is 12.3 Å². The molecule has 0 radical (unpaired) electrons. The van der Waals surface area contributed by atoms with Crippen molar-refractivity contribution in [3.63, 3.8) is 0 Å². The molecule has 3 rings (SSSR count). The number of hydrogen-bond donors (Lipinski definition) is 1. The van der Waals surface area contributed by atoms with E-state index in [0.29, 0.717) is 12.1 Å². The second-order valence-electron chi connectivity index (χ2n) is 6.24. The van der Waals surface area contributed by atoms with Crippen LogP contribution < -0.4 is 5.32 Å². The highest BCUT2D eigenvalue weighted by atomic mass is 32.2. The number of hydrogen-bond acceptors (Lipinski definition) is 2. The Balaban J connectivity index is 1.43. The molecule has 2 nitrogen and oxygen atoms in total. The van der Waals surface area contributed by atoms with Gasteiger partial charge >= 0.3 is 0 Å². The number of thioether (sulfide) groups is 1. The van der Waals surface area contributed by atoms with Gasteiger partial charge in [-0.05, 0) is 35.7 Å². The van der Waals surface area contributed by atoms with E-state index in [-0.39, 0.29) is 5.91 Å². The summed E-state index contributed by atoms with van der Waals surface area (Å²) in [4.78, 5) is 12.2. The molecule has 0 unspecified atom stereocenters. The summed E-state index contributed by atoms with van der Waals surface area (Å²) in [6.45, 7) is 2.78. The van der Waals surface area contributed by atoms with Crippen LogP contribution >= 0.6 is 11.8 Å². The fourth-order valence-electron chi connectivity index (χ4n) is 2.78. The Hall–Kier alpha value is -2.52. The third-order valence-electron chi connectivity index (χ3n) is 4.14. The minimum absolute atomic E-state index is 0.0132. The van der Waals surface area contributed by atoms with E-state index in [1.54, 1.807) is 0 Å². The first-order chi connectivity index (χ1) is 12.7. The van der Waals surface area contributed by atoms with E-state index in [1.807, 2.05) is 54.2 Å². The summed E-state index contributed by atoms with van der Waals surface area (Å²) < 4.78 is 0. The summed E-state index contributed by atoms with van der Waals surface area (Å²) in [7, 11) is 0. The molecule has 0 aromatic heterocycles. The molecule has 0 bridgehead atoms. The van der Waals surface area contributed by atoms with Gasteiger partial charge in [-0.25, -0.2) is 0 Å². The second kappa shape index (κ2) is 9.25. The molecule has 26 heavy (non-hydrogen) atoms. The van der Waals surface area contributed by atoms with Gasteiger partial charge in [-0.2, -0.15) is 11.8 Å². The topological polar surface area (TPSA) is 29.1 Å². The summed E-state index contributed by atoms with van der Waals surface area (Å²) >= 11 is 1.84. The number of aryl methyl sites for hydroxylation is 1. The lowest BCUT2D eigenvalue weighted by Crippen LogP contribution is -2.25. The van der Waals surface area contributed by atoms with Gasteiger partial charge in [0, 0.05) is 23.6 Å². The Kier molecular flexibility index (Phi) is 6.50. The molecule has 3 heteroatoms. The van der Waals surface area contributed by atoms with Gasteiger partial charge in [-0.1, -0.05) is 72.3 Å². The zero-order valence-electron chi connectivity index (χ0n) is 14.9. The Morgan fingerprint density at radius 2 is 1.62 bits per heavy atom. The molecule has 0 aliphatic carbocycles. The van der Waals surface area contributed by atoms with Crippen LogP contribution in [0.4, 0.5) is 0 Å². The quantitative estimate of drug-likeness (QED) is 0.577. The van der Waals surface area contributed by atoms with Crippen LogP contribution in [0.3, 0.4) is 0 Å². The molecule has 0 heterocycles. The number of nitrogens with one attached hydrogen (secondary N) is 1. The van der Waals surface area contributed by atoms with Crippen LogP contribution in [0.25, 0.3) is 11.1 Å². The maximum absolute atomic E-state index is 12.2. The maximum Gasteiger partial charge on any atom is 0.251 e. The van der Waals surface area contributed by atoms with E-state index in [1.165, 1.54) is 11.1 Å². The molecule has 0 aliphatic rings. The van der Waals surface area contributed by atoms with E-state index in [9.17, 15) is 4.79 Å². The molecule has 132 valence electrons. The smallest absolute Gasteiger partial charge is 0.251 e. The molecule has 3 aromatic carbocycles. The van der Waals surface area contributed by atoms with Crippen LogP contribution in [0.2, 0.25) is 0 Å². The summed E-state index contributed by atoms with van der Waals surface area (Å²) in [5.74, 6) is 1.87. The molecular formula is C23H23NOS. The summed E-state index contributed by atoms with van der Waals surface area (Å²) in [5.41, 5.74) is 5.60. The minimum atomic E-state index is -0.0132. The van der Waals surface area contributed by atoms with Gasteiger partial charge < -0.3 is 5.32 Å². The summed E-state index contributed by atoms with van der Waals surface area (Å²) in [5, 5.41) is 3.00. The number of amides is 1. The highest BCUT2D eigenvalue weighted by Crippen LogP contribution is 2.19. The number of carbonyl (C=O) groups is 1. The molecule has 0 aliphatic heterocycles. The Morgan fingerprint density at radius 3 is 2.35 bits per heavy atom. The highest BCUT2D eigenvalue weighted by molar-refractivity contribution is 7.98. The van der Waals surface area contributed by atoms with Gasteiger partial charge in [0.25, 0.3) is 5.91 Å². The molecule has 3 aromatic rings. The van der Waals surface area contributed by atoms with Crippen LogP contribution in [-0.4, -0.2) is 18.2 Å². The lowest BCUT2D eigenvalue weighted by atomic mass is 10.0. The monoisotopic (exact) mass is 361 g/mol. The van der Waals surface area contributed by atoms with Crippen molar-refractivity contribution < 1.29 is 4.79 Å². The first kappa shape index (κ1) is 18.3. The largest absolute Gasteiger partial charge is 0.351 e. The first-order valence-corrected chi connectivity index (χ1v) is 9.95. The predicted octanol–water partition coefficient (Wildman–Crippen LogP) is 5.33. The average Bonchev–Trinajstić information content (AvgIpc) is 2.68. The number of benzene rings is 3. The summed E-state index contributed by atoms with van der Waals surface area (Å²) in [6, 6.07) is 26.5. The Labute approximate surface area is 159 Å². The van der Waals surface area contributed by atoms with Crippen LogP contribution in [0.1, 0.15) is 21.5 Å². The first-order valence-electron chi connectivity index (χ1n) is 8.79. The molecule has 1 amide bonds. The van der Waals surface area contributed by atoms with Gasteiger partial charge in [0.1, 0.15) is 0 Å². The average molecular weight is 362 g/mol. The third kappa shape index (κ3) is 5.24. The van der Waals surface area contributed by atoms with E-state index in [0.717, 1.165) is 22.6 Å². The maximum atomic E-state index is 12.2. The number of carbonyl (C=O) groups excluding carboxylic acids is 1. The molecule has 0 fully saturated rings. The Bertz CT molecular complexity index is 844. The molecule has 0 atom stereocenters. The normalized spacial score (nSPS) is 10.5. The van der Waals surface area contributed by atoms with E-state index in [4.69, 9.17) is 0 Å². The van der Waals surface area contributed by atoms with Crippen molar-refractivity contribution >= 4 is 17.7 Å². The van der Waals surface area contributed by atoms with Gasteiger partial charge in [0.15, 0.2) is 0 Å². The van der Waals surface area contributed by atoms with E-state index in [2.05, 4.69) is 48.6 Å². The summed E-state index contributed by atoms with van der Waals surface area (Å²) in [6.07, 6.45) is 0. The van der Waals surface area contributed by atoms with Gasteiger partial charge in [0.2, 0.25) is 0 Å². The molecule has 0 spiro atoms. The van der Waals surface area contributed by atoms with Gasteiger partial charge in [-0.3, -0.25) is 4.79 Å². The molecular weight excluding hydrogens is 338 g/mol. The second-order valence-corrected chi connectivity index (χ2v) is 7.35. The van der Waals surface area contributed by atoms with Crippen molar-refractivity contribution in [3.05, 3.63) is 95.6 Å². The van der Waals surface area contributed by atoms with Crippen molar-refractivity contribution in [1.82, 2.24) is 5.32 Å². The van der Waals surface area contributed by atoms with Crippen molar-refractivity contribution in [1.29, 1.82) is 0 Å². The molecule has 0 saturated carbocycles. The van der Waals surface area contributed by atoms with Crippen LogP contribution in [0, 0.1) is 6.92 Å². The predicted molar refractivity (Wildman–Crippen MR) is 112 cm³/mol. The molecule has 0 saturated heterocycles. The standard InChI is InChI=1S/C23H23NOS/c1-18-6-5-7-19(16-18)17-26-15-14-24-23(25)22-12-10-21(11-13-22)20-8-3-2-4-9-20/h2-13,16H,14-15,17H2,1H3,(H,24,25). The van der Waals surface area contributed by atoms with E-state index < -0.39 is 0 Å². The van der Waals surface area contributed by atoms with Crippen LogP contribution in [0.5, 0.6) is 0 Å². The fourth-order valence-corrected chi connectivity index (χ4v) is 3.58. The lowest BCUT2D eigenvalue weighted by Gasteiger charge is -2.07. The van der Waals surface area contributed by atoms with Crippen molar-refractivity contribution in [2.45, 2.75) is 12.7 Å². The minimum Gasteiger partial charge on any atom is -0.351 e. The van der Waals surface area contributed by atoms with E-state index >= 15 is 0 Å². The highest BCUT2D eigenvalue weighted by Gasteiger charge is 2.05. The van der Waals surface area contributed by atoms with Crippen molar-refractivity contribution in [3.8, 4) is 11.1 Å². The molecule has 1 N–H and O–H groups in total. The van der Waals surface area contributed by atoms with Crippen molar-refractivity contribution in [2.24, 2.45) is 0 Å². The van der Waals surface area contributed by atoms with Crippen LogP contribution in [-0.2, 0) is 5.75 Å². The number of rotatable bonds is 7. The zero-order chi connectivity index (χ0) is 18.2. The lowest BCUT2D eigenvalue weighted by molar-refractivity contribution is 0.0956. The van der Waals surface area contributed by atoms with Gasteiger partial charge in [0.05, 0.1) is 0 Å². The fraction of sp³-hybridized carbons (Fsp3) is 0.174. The van der Waals surface area contributed by atoms with Gasteiger partial charge in [-0.15, -0.1) is 0 Å². The van der Waals surface area contributed by atoms with Crippen LogP contribution in [0.15, 0.2) is 78.9 Å². The SMILES string of the molecule is Cc1cccc(CSCCNC(=O)c2ccc(-c3ccccc3)cc2)c1.